The molecule has 2 N–H and O–H groups in total. The third kappa shape index (κ3) is 4.15. The normalized spacial score (nSPS) is 18.9. The number of nitrogens with one attached hydrogen (secondary N) is 2. The van der Waals surface area contributed by atoms with Crippen LogP contribution in [-0.2, 0) is 9.53 Å². The fourth-order valence-corrected chi connectivity index (χ4v) is 1.83. The highest BCUT2D eigenvalue weighted by Gasteiger charge is 2.18. The molecule has 1 aromatic rings. The molecule has 1 aromatic heterocycles. The van der Waals surface area contributed by atoms with Crippen molar-refractivity contribution in [3.05, 3.63) is 11.8 Å². The second-order valence-electron chi connectivity index (χ2n) is 4.32. The van der Waals surface area contributed by atoms with Gasteiger partial charge < -0.3 is 14.8 Å². The van der Waals surface area contributed by atoms with Crippen LogP contribution in [0.2, 0.25) is 0 Å². The molecule has 1 unspecified atom stereocenters. The lowest BCUT2D eigenvalue weighted by Crippen LogP contribution is -2.40. The first-order valence-electron chi connectivity index (χ1n) is 6.19. The molecule has 0 spiro atoms. The average molecular weight is 266 g/mol. The molecule has 0 aromatic carbocycles. The van der Waals surface area contributed by atoms with E-state index in [4.69, 9.17) is 9.47 Å². The van der Waals surface area contributed by atoms with Crippen LogP contribution in [0.3, 0.4) is 0 Å². The van der Waals surface area contributed by atoms with Crippen LogP contribution in [-0.4, -0.2) is 48.8 Å². The second-order valence-corrected chi connectivity index (χ2v) is 4.32. The molecule has 0 saturated carbocycles. The predicted molar refractivity (Wildman–Crippen MR) is 69.2 cm³/mol. The van der Waals surface area contributed by atoms with Gasteiger partial charge in [0.15, 0.2) is 0 Å². The maximum atomic E-state index is 11.9. The summed E-state index contributed by atoms with van der Waals surface area (Å²) < 4.78 is 10.5. The van der Waals surface area contributed by atoms with Gasteiger partial charge in [-0.25, -0.2) is 4.98 Å². The molecule has 7 nitrogen and oxygen atoms in total. The van der Waals surface area contributed by atoms with E-state index in [1.807, 2.05) is 6.92 Å². The molecular weight excluding hydrogens is 248 g/mol. The highest BCUT2D eigenvalue weighted by Crippen LogP contribution is 2.12. The topological polar surface area (TPSA) is 85.4 Å². The van der Waals surface area contributed by atoms with E-state index in [2.05, 4.69) is 20.6 Å². The number of carbonyl (C=O) groups excluding carboxylic acids is 1. The highest BCUT2D eigenvalue weighted by atomic mass is 16.5. The number of ether oxygens (including phenoxy) is 2. The Bertz CT molecular complexity index is 447. The summed E-state index contributed by atoms with van der Waals surface area (Å²) >= 11 is 0. The summed E-state index contributed by atoms with van der Waals surface area (Å²) in [5.74, 6) is 0.519. The van der Waals surface area contributed by atoms with Crippen molar-refractivity contribution in [3.8, 4) is 5.88 Å². The molecule has 1 aliphatic heterocycles. The lowest BCUT2D eigenvalue weighted by molar-refractivity contribution is -0.119. The van der Waals surface area contributed by atoms with Gasteiger partial charge in [0, 0.05) is 24.8 Å². The van der Waals surface area contributed by atoms with E-state index in [1.54, 1.807) is 6.07 Å². The monoisotopic (exact) mass is 266 g/mol. The summed E-state index contributed by atoms with van der Waals surface area (Å²) in [5, 5.41) is 5.83. The highest BCUT2D eigenvalue weighted by molar-refractivity contribution is 5.89. The molecule has 1 amide bonds. The molecule has 0 aliphatic carbocycles. The number of hydrogen-bond donors (Lipinski definition) is 2. The van der Waals surface area contributed by atoms with Gasteiger partial charge >= 0.3 is 0 Å². The maximum Gasteiger partial charge on any atom is 0.232 e. The van der Waals surface area contributed by atoms with E-state index in [-0.39, 0.29) is 24.4 Å². The smallest absolute Gasteiger partial charge is 0.232 e. The zero-order chi connectivity index (χ0) is 13.7. The van der Waals surface area contributed by atoms with Crippen molar-refractivity contribution in [1.82, 2.24) is 15.3 Å². The number of anilines is 1. The molecule has 1 atom stereocenters. The summed E-state index contributed by atoms with van der Waals surface area (Å²) in [6.07, 6.45) is 0.188. The average Bonchev–Trinajstić information content (AvgIpc) is 2.38. The minimum atomic E-state index is -0.165. The van der Waals surface area contributed by atoms with E-state index in [0.29, 0.717) is 19.0 Å². The third-order valence-corrected chi connectivity index (χ3v) is 2.71. The van der Waals surface area contributed by atoms with Crippen molar-refractivity contribution >= 4 is 11.9 Å². The molecule has 7 heteroatoms. The molecule has 2 rings (SSSR count). The standard InChI is InChI=1S/C12H18N4O3/c1-8-5-11(18-2)16-12(14-8)15-10(17)6-9-7-13-3-4-19-9/h5,9,13H,3-4,6-7H2,1-2H3,(H,14,15,16,17). The van der Waals surface area contributed by atoms with Crippen LogP contribution in [0.15, 0.2) is 6.07 Å². The summed E-state index contributed by atoms with van der Waals surface area (Å²) in [4.78, 5) is 20.1. The number of nitrogens with zero attached hydrogens (tertiary/aromatic N) is 2. The summed E-state index contributed by atoms with van der Waals surface area (Å²) in [7, 11) is 1.52. The van der Waals surface area contributed by atoms with Crippen LogP contribution in [0.1, 0.15) is 12.1 Å². The Morgan fingerprint density at radius 1 is 1.63 bits per heavy atom. The minimum Gasteiger partial charge on any atom is -0.481 e. The summed E-state index contributed by atoms with van der Waals surface area (Å²) in [6, 6.07) is 1.70. The Balaban J connectivity index is 1.92. The predicted octanol–water partition coefficient (Wildman–Crippen LogP) is 0.111. The van der Waals surface area contributed by atoms with Crippen LogP contribution in [0.5, 0.6) is 5.88 Å². The molecule has 2 heterocycles. The fourth-order valence-electron chi connectivity index (χ4n) is 1.83. The lowest BCUT2D eigenvalue weighted by atomic mass is 10.2. The van der Waals surface area contributed by atoms with Gasteiger partial charge in [-0.1, -0.05) is 0 Å². The maximum absolute atomic E-state index is 11.9. The van der Waals surface area contributed by atoms with Gasteiger partial charge in [-0.3, -0.25) is 10.1 Å². The number of carbonyl (C=O) groups is 1. The van der Waals surface area contributed by atoms with Gasteiger partial charge in [0.05, 0.1) is 26.2 Å². The Hall–Kier alpha value is -1.73. The van der Waals surface area contributed by atoms with Crippen LogP contribution in [0.25, 0.3) is 0 Å². The van der Waals surface area contributed by atoms with Gasteiger partial charge in [-0.05, 0) is 6.92 Å². The zero-order valence-electron chi connectivity index (χ0n) is 11.1. The van der Waals surface area contributed by atoms with E-state index in [0.717, 1.165) is 12.2 Å². The Labute approximate surface area is 111 Å². The van der Waals surface area contributed by atoms with Gasteiger partial charge in [-0.15, -0.1) is 0 Å². The van der Waals surface area contributed by atoms with E-state index in [9.17, 15) is 4.79 Å². The van der Waals surface area contributed by atoms with Crippen molar-refractivity contribution in [3.63, 3.8) is 0 Å². The van der Waals surface area contributed by atoms with Crippen LogP contribution in [0, 0.1) is 6.92 Å². The SMILES string of the molecule is COc1cc(C)nc(NC(=O)CC2CNCCO2)n1. The second kappa shape index (κ2) is 6.44. The number of methoxy groups -OCH3 is 1. The van der Waals surface area contributed by atoms with E-state index < -0.39 is 0 Å². The Kier molecular flexibility index (Phi) is 4.64. The van der Waals surface area contributed by atoms with Crippen molar-refractivity contribution in [2.24, 2.45) is 0 Å². The zero-order valence-corrected chi connectivity index (χ0v) is 11.1. The molecule has 104 valence electrons. The molecule has 1 aliphatic rings. The number of amides is 1. The first-order valence-corrected chi connectivity index (χ1v) is 6.19. The first-order chi connectivity index (χ1) is 9.17. The molecule has 0 bridgehead atoms. The number of hydrogen-bond acceptors (Lipinski definition) is 6. The molecule has 0 radical (unpaired) electrons. The van der Waals surface area contributed by atoms with Crippen LogP contribution < -0.4 is 15.4 Å². The van der Waals surface area contributed by atoms with Crippen molar-refractivity contribution < 1.29 is 14.3 Å². The van der Waals surface area contributed by atoms with Gasteiger partial charge in [0.2, 0.25) is 17.7 Å². The Morgan fingerprint density at radius 2 is 2.47 bits per heavy atom. The fraction of sp³-hybridized carbons (Fsp3) is 0.583. The molecule has 19 heavy (non-hydrogen) atoms. The Morgan fingerprint density at radius 3 is 3.16 bits per heavy atom. The van der Waals surface area contributed by atoms with E-state index in [1.165, 1.54) is 7.11 Å². The van der Waals surface area contributed by atoms with Crippen molar-refractivity contribution in [2.45, 2.75) is 19.4 Å². The number of rotatable bonds is 4. The molecular formula is C12H18N4O3. The third-order valence-electron chi connectivity index (χ3n) is 2.71. The lowest BCUT2D eigenvalue weighted by Gasteiger charge is -2.22. The largest absolute Gasteiger partial charge is 0.481 e. The van der Waals surface area contributed by atoms with E-state index >= 15 is 0 Å². The first kappa shape index (κ1) is 13.7. The van der Waals surface area contributed by atoms with Crippen LogP contribution >= 0.6 is 0 Å². The van der Waals surface area contributed by atoms with Gasteiger partial charge in [0.1, 0.15) is 0 Å². The van der Waals surface area contributed by atoms with Gasteiger partial charge in [0.25, 0.3) is 0 Å². The molecule has 1 fully saturated rings. The van der Waals surface area contributed by atoms with Crippen molar-refractivity contribution in [2.75, 3.05) is 32.1 Å². The number of morpholine rings is 1. The summed E-state index contributed by atoms with van der Waals surface area (Å²) in [6.45, 7) is 3.96. The quantitative estimate of drug-likeness (QED) is 0.804. The number of aromatic nitrogens is 2. The van der Waals surface area contributed by atoms with Crippen molar-refractivity contribution in [1.29, 1.82) is 0 Å². The summed E-state index contributed by atoms with van der Waals surface area (Å²) in [5.41, 5.74) is 0.734. The van der Waals surface area contributed by atoms with Crippen LogP contribution in [0.4, 0.5) is 5.95 Å². The molecule has 1 saturated heterocycles. The van der Waals surface area contributed by atoms with Gasteiger partial charge in [-0.2, -0.15) is 4.98 Å². The number of aryl methyl sites for hydroxylation is 1. The minimum absolute atomic E-state index is 0.0968.